The Morgan fingerprint density at radius 1 is 1.00 bits per heavy atom. The molecule has 0 fully saturated rings. The van der Waals surface area contributed by atoms with Crippen LogP contribution >= 0.6 is 0 Å². The Kier molecular flexibility index (Phi) is 7.26. The highest BCUT2D eigenvalue weighted by Crippen LogP contribution is 2.25. The van der Waals surface area contributed by atoms with E-state index in [1.54, 1.807) is 0 Å². The van der Waals surface area contributed by atoms with Gasteiger partial charge in [-0.25, -0.2) is 0 Å². The van der Waals surface area contributed by atoms with Gasteiger partial charge in [-0.2, -0.15) is 0 Å². The van der Waals surface area contributed by atoms with Crippen molar-refractivity contribution in [3.63, 3.8) is 0 Å². The van der Waals surface area contributed by atoms with E-state index in [1.165, 1.54) is 17.5 Å². The van der Waals surface area contributed by atoms with Gasteiger partial charge in [0.1, 0.15) is 5.75 Å². The van der Waals surface area contributed by atoms with E-state index in [9.17, 15) is 0 Å². The van der Waals surface area contributed by atoms with Gasteiger partial charge in [0.05, 0.1) is 6.61 Å². The zero-order chi connectivity index (χ0) is 14.8. The number of hydrogen-bond acceptors (Lipinski definition) is 2. The maximum atomic E-state index is 5.50. The minimum Gasteiger partial charge on any atom is -0.493 e. The van der Waals surface area contributed by atoms with Gasteiger partial charge in [0, 0.05) is 5.69 Å². The largest absolute Gasteiger partial charge is 0.493 e. The van der Waals surface area contributed by atoms with E-state index in [1.807, 2.05) is 44.2 Å². The van der Waals surface area contributed by atoms with Crippen molar-refractivity contribution in [1.82, 2.24) is 0 Å². The fourth-order valence-corrected chi connectivity index (χ4v) is 1.90. The van der Waals surface area contributed by atoms with E-state index in [-0.39, 0.29) is 0 Å². The summed E-state index contributed by atoms with van der Waals surface area (Å²) in [6.07, 6.45) is 2.34. The van der Waals surface area contributed by atoms with Gasteiger partial charge in [-0.05, 0) is 49.1 Å². The van der Waals surface area contributed by atoms with Crippen LogP contribution in [0.1, 0.15) is 31.4 Å². The van der Waals surface area contributed by atoms with E-state index < -0.39 is 0 Å². The van der Waals surface area contributed by atoms with Crippen molar-refractivity contribution in [2.45, 2.75) is 33.6 Å². The molecule has 108 valence electrons. The highest BCUT2D eigenvalue weighted by Gasteiger charge is 2.08. The molecule has 2 aromatic rings. The topological polar surface area (TPSA) is 35.2 Å². The maximum Gasteiger partial charge on any atom is 0.122 e. The molecule has 1 aliphatic rings. The number of nitrogen functional groups attached to an aromatic ring is 1. The molecule has 2 heteroatoms. The molecule has 1 heterocycles. The van der Waals surface area contributed by atoms with Crippen LogP contribution in [0.4, 0.5) is 5.69 Å². The van der Waals surface area contributed by atoms with Gasteiger partial charge < -0.3 is 10.5 Å². The van der Waals surface area contributed by atoms with Gasteiger partial charge in [0.2, 0.25) is 0 Å². The summed E-state index contributed by atoms with van der Waals surface area (Å²) in [5.41, 5.74) is 8.83. The predicted molar refractivity (Wildman–Crippen MR) is 87.2 cm³/mol. The van der Waals surface area contributed by atoms with Crippen LogP contribution < -0.4 is 10.5 Å². The van der Waals surface area contributed by atoms with E-state index in [2.05, 4.69) is 25.1 Å². The minimum absolute atomic E-state index is 0.822. The third-order valence-electron chi connectivity index (χ3n) is 2.87. The molecular formula is C18H25NO. The van der Waals surface area contributed by atoms with Gasteiger partial charge in [-0.3, -0.25) is 0 Å². The summed E-state index contributed by atoms with van der Waals surface area (Å²) in [6.45, 7) is 6.98. The van der Waals surface area contributed by atoms with Crippen LogP contribution in [-0.2, 0) is 6.42 Å². The first kappa shape index (κ1) is 16.1. The second-order valence-corrected chi connectivity index (χ2v) is 4.47. The van der Waals surface area contributed by atoms with Crippen LogP contribution in [0.5, 0.6) is 5.75 Å². The fourth-order valence-electron chi connectivity index (χ4n) is 1.90. The Balaban J connectivity index is 0.000000193. The molecule has 2 nitrogen and oxygen atoms in total. The Morgan fingerprint density at radius 3 is 2.30 bits per heavy atom. The molecule has 0 atom stereocenters. The second-order valence-electron chi connectivity index (χ2n) is 4.47. The average molecular weight is 271 g/mol. The highest BCUT2D eigenvalue weighted by molar-refractivity contribution is 5.38. The molecule has 0 spiro atoms. The number of nitrogens with two attached hydrogens (primary N) is 1. The molecule has 0 unspecified atom stereocenters. The van der Waals surface area contributed by atoms with Crippen molar-refractivity contribution in [2.75, 3.05) is 12.3 Å². The molecule has 1 aliphatic heterocycles. The number of ether oxygens (including phenoxy) is 1. The average Bonchev–Trinajstić information content (AvgIpc) is 2.50. The maximum absolute atomic E-state index is 5.50. The standard InChI is InChI=1S/C10H12O.C6H7N.C2H6/c1-8-4-5-9-3-2-6-11-10(9)7-8;7-6-4-2-1-3-5-6;1-2/h4-5,7H,2-3,6H2,1H3;1-5H,7H2;1-2H3. The van der Waals surface area contributed by atoms with Crippen molar-refractivity contribution in [1.29, 1.82) is 0 Å². The number of rotatable bonds is 0. The lowest BCUT2D eigenvalue weighted by Gasteiger charge is -2.16. The van der Waals surface area contributed by atoms with Crippen LogP contribution in [-0.4, -0.2) is 6.61 Å². The number of fused-ring (bicyclic) bond motifs is 1. The van der Waals surface area contributed by atoms with Gasteiger partial charge in [-0.1, -0.05) is 44.2 Å². The molecule has 0 aromatic heterocycles. The molecule has 0 radical (unpaired) electrons. The van der Waals surface area contributed by atoms with Crippen molar-refractivity contribution < 1.29 is 4.74 Å². The number of anilines is 1. The van der Waals surface area contributed by atoms with Gasteiger partial charge in [-0.15, -0.1) is 0 Å². The molecule has 20 heavy (non-hydrogen) atoms. The Morgan fingerprint density at radius 2 is 1.70 bits per heavy atom. The Hall–Kier alpha value is -1.96. The Bertz CT molecular complexity index is 494. The van der Waals surface area contributed by atoms with Crippen LogP contribution in [0.25, 0.3) is 0 Å². The van der Waals surface area contributed by atoms with Crippen LogP contribution in [0, 0.1) is 6.92 Å². The normalized spacial score (nSPS) is 11.8. The van der Waals surface area contributed by atoms with Crippen molar-refractivity contribution in [3.05, 3.63) is 59.7 Å². The van der Waals surface area contributed by atoms with Crippen LogP contribution in [0.15, 0.2) is 48.5 Å². The SMILES string of the molecule is CC.Cc1ccc2c(c1)OCCC2.Nc1ccccc1. The summed E-state index contributed by atoms with van der Waals surface area (Å²) >= 11 is 0. The van der Waals surface area contributed by atoms with Crippen LogP contribution in [0.3, 0.4) is 0 Å². The molecule has 0 bridgehead atoms. The smallest absolute Gasteiger partial charge is 0.122 e. The Labute approximate surface area is 122 Å². The summed E-state index contributed by atoms with van der Waals surface area (Å²) in [4.78, 5) is 0. The first-order chi connectivity index (χ1) is 9.75. The molecule has 0 saturated heterocycles. The van der Waals surface area contributed by atoms with Gasteiger partial charge in [0.25, 0.3) is 0 Å². The van der Waals surface area contributed by atoms with Crippen molar-refractivity contribution >= 4 is 5.69 Å². The lowest BCUT2D eigenvalue weighted by Crippen LogP contribution is -2.07. The first-order valence-electron chi connectivity index (χ1n) is 7.28. The van der Waals surface area contributed by atoms with Crippen molar-refractivity contribution in [3.8, 4) is 5.75 Å². The second kappa shape index (κ2) is 9.03. The number of benzene rings is 2. The number of hydrogen-bond donors (Lipinski definition) is 1. The number of aryl methyl sites for hydroxylation is 2. The quantitative estimate of drug-likeness (QED) is 0.710. The summed E-state index contributed by atoms with van der Waals surface area (Å²) in [7, 11) is 0. The van der Waals surface area contributed by atoms with E-state index >= 15 is 0 Å². The summed E-state index contributed by atoms with van der Waals surface area (Å²) in [5, 5.41) is 0. The van der Waals surface area contributed by atoms with Crippen LogP contribution in [0.2, 0.25) is 0 Å². The predicted octanol–water partition coefficient (Wildman–Crippen LogP) is 4.62. The summed E-state index contributed by atoms with van der Waals surface area (Å²) in [5.74, 6) is 1.09. The molecule has 0 saturated carbocycles. The zero-order valence-electron chi connectivity index (χ0n) is 12.7. The fraction of sp³-hybridized carbons (Fsp3) is 0.333. The zero-order valence-corrected chi connectivity index (χ0v) is 12.7. The van der Waals surface area contributed by atoms with Gasteiger partial charge in [0.15, 0.2) is 0 Å². The first-order valence-corrected chi connectivity index (χ1v) is 7.28. The third kappa shape index (κ3) is 5.35. The van der Waals surface area contributed by atoms with E-state index in [0.717, 1.165) is 24.5 Å². The number of para-hydroxylation sites is 1. The molecule has 3 rings (SSSR count). The summed E-state index contributed by atoms with van der Waals surface area (Å²) in [6, 6.07) is 15.9. The molecule has 0 aliphatic carbocycles. The van der Waals surface area contributed by atoms with E-state index in [4.69, 9.17) is 10.5 Å². The van der Waals surface area contributed by atoms with E-state index in [0.29, 0.717) is 0 Å². The third-order valence-corrected chi connectivity index (χ3v) is 2.87. The monoisotopic (exact) mass is 271 g/mol. The minimum atomic E-state index is 0.822. The molecular weight excluding hydrogens is 246 g/mol. The van der Waals surface area contributed by atoms with Gasteiger partial charge >= 0.3 is 0 Å². The molecule has 2 N–H and O–H groups in total. The lowest BCUT2D eigenvalue weighted by molar-refractivity contribution is 0.288. The summed E-state index contributed by atoms with van der Waals surface area (Å²) < 4.78 is 5.50. The lowest BCUT2D eigenvalue weighted by atomic mass is 10.0. The molecule has 0 amide bonds. The van der Waals surface area contributed by atoms with Crippen molar-refractivity contribution in [2.24, 2.45) is 0 Å². The molecule has 2 aromatic carbocycles. The highest BCUT2D eigenvalue weighted by atomic mass is 16.5.